The number of amides is 1. The fourth-order valence-electron chi connectivity index (χ4n) is 1.97. The van der Waals surface area contributed by atoms with Crippen molar-refractivity contribution in [3.05, 3.63) is 10.4 Å². The quantitative estimate of drug-likeness (QED) is 0.752. The number of hydrogen-bond acceptors (Lipinski definition) is 5. The van der Waals surface area contributed by atoms with E-state index in [2.05, 4.69) is 37.5 Å². The highest BCUT2D eigenvalue weighted by Gasteiger charge is 2.22. The molecule has 0 aliphatic rings. The average Bonchev–Trinajstić information content (AvgIpc) is 2.72. The molecule has 0 fully saturated rings. The second kappa shape index (κ2) is 7.15. The van der Waals surface area contributed by atoms with E-state index in [0.717, 1.165) is 6.42 Å². The summed E-state index contributed by atoms with van der Waals surface area (Å²) in [4.78, 5) is 12.3. The molecule has 1 amide bonds. The zero-order valence-electron chi connectivity index (χ0n) is 12.4. The molecule has 1 atom stereocenters. The molecule has 1 rings (SSSR count). The Bertz CT molecular complexity index is 516. The molecule has 6 heteroatoms. The lowest BCUT2D eigenvalue weighted by Crippen LogP contribution is -2.24. The van der Waals surface area contributed by atoms with E-state index in [4.69, 9.17) is 5.73 Å². The van der Waals surface area contributed by atoms with E-state index in [1.165, 1.54) is 11.3 Å². The molecule has 0 aromatic carbocycles. The Labute approximate surface area is 124 Å². The van der Waals surface area contributed by atoms with Gasteiger partial charge in [0.15, 0.2) is 0 Å². The third kappa shape index (κ3) is 3.42. The van der Waals surface area contributed by atoms with Gasteiger partial charge in [-0.1, -0.05) is 20.8 Å². The van der Waals surface area contributed by atoms with Crippen LogP contribution < -0.4 is 16.4 Å². The minimum atomic E-state index is -0.225. The van der Waals surface area contributed by atoms with Gasteiger partial charge in [0.05, 0.1) is 5.69 Å². The Morgan fingerprint density at radius 3 is 2.55 bits per heavy atom. The predicted molar refractivity (Wildman–Crippen MR) is 84.0 cm³/mol. The van der Waals surface area contributed by atoms with Crippen LogP contribution in [0.3, 0.4) is 0 Å². The van der Waals surface area contributed by atoms with Gasteiger partial charge in [0.1, 0.15) is 21.5 Å². The number of nitrogens with zero attached hydrogens (tertiary/aromatic N) is 1. The van der Waals surface area contributed by atoms with Crippen molar-refractivity contribution in [1.29, 1.82) is 5.26 Å². The lowest BCUT2D eigenvalue weighted by molar-refractivity contribution is 0.0960. The van der Waals surface area contributed by atoms with Gasteiger partial charge in [0.2, 0.25) is 0 Å². The van der Waals surface area contributed by atoms with Gasteiger partial charge in [0, 0.05) is 12.6 Å². The highest BCUT2D eigenvalue weighted by molar-refractivity contribution is 7.18. The van der Waals surface area contributed by atoms with Crippen LogP contribution in [0.15, 0.2) is 0 Å². The van der Waals surface area contributed by atoms with E-state index in [0.29, 0.717) is 27.9 Å². The molecule has 0 saturated carbocycles. The van der Waals surface area contributed by atoms with Crippen LogP contribution in [0.4, 0.5) is 10.7 Å². The van der Waals surface area contributed by atoms with Crippen molar-refractivity contribution in [2.45, 2.75) is 40.2 Å². The number of nitriles is 1. The van der Waals surface area contributed by atoms with Crippen LogP contribution in [0.2, 0.25) is 0 Å². The third-order valence-corrected chi connectivity index (χ3v) is 4.30. The van der Waals surface area contributed by atoms with Crippen molar-refractivity contribution in [2.75, 3.05) is 17.6 Å². The zero-order valence-corrected chi connectivity index (χ0v) is 13.2. The van der Waals surface area contributed by atoms with Crippen LogP contribution in [-0.2, 0) is 0 Å². The van der Waals surface area contributed by atoms with Gasteiger partial charge in [-0.25, -0.2) is 0 Å². The predicted octanol–water partition coefficient (Wildman–Crippen LogP) is 2.80. The van der Waals surface area contributed by atoms with Crippen molar-refractivity contribution in [1.82, 2.24) is 5.32 Å². The maximum atomic E-state index is 11.9. The molecule has 1 aromatic rings. The van der Waals surface area contributed by atoms with Crippen molar-refractivity contribution in [3.63, 3.8) is 0 Å². The Balaban J connectivity index is 3.12. The van der Waals surface area contributed by atoms with E-state index in [9.17, 15) is 10.1 Å². The van der Waals surface area contributed by atoms with E-state index in [1.54, 1.807) is 0 Å². The number of hydrogen-bond donors (Lipinski definition) is 3. The molecule has 4 N–H and O–H groups in total. The molecule has 0 spiro atoms. The average molecular weight is 294 g/mol. The molecule has 0 radical (unpaired) electrons. The van der Waals surface area contributed by atoms with E-state index in [-0.39, 0.29) is 17.6 Å². The number of carbonyl (C=O) groups is 1. The molecule has 1 aromatic heterocycles. The number of nitrogens with two attached hydrogens (primary N) is 1. The first kappa shape index (κ1) is 16.3. The molecule has 0 bridgehead atoms. The Morgan fingerprint density at radius 1 is 1.45 bits per heavy atom. The van der Waals surface area contributed by atoms with Crippen LogP contribution in [0.25, 0.3) is 0 Å². The zero-order chi connectivity index (χ0) is 15.3. The first-order valence-corrected chi connectivity index (χ1v) is 7.64. The van der Waals surface area contributed by atoms with Crippen molar-refractivity contribution >= 4 is 27.9 Å². The van der Waals surface area contributed by atoms with Crippen LogP contribution in [-0.4, -0.2) is 18.5 Å². The summed E-state index contributed by atoms with van der Waals surface area (Å²) in [7, 11) is 0. The monoisotopic (exact) mass is 294 g/mol. The van der Waals surface area contributed by atoms with Crippen LogP contribution in [0.5, 0.6) is 0 Å². The minimum absolute atomic E-state index is 0.225. The largest absolute Gasteiger partial charge is 0.396 e. The molecule has 0 saturated heterocycles. The lowest BCUT2D eigenvalue weighted by atomic mass is 10.0. The molecule has 0 aliphatic carbocycles. The summed E-state index contributed by atoms with van der Waals surface area (Å²) in [6, 6.07) is 2.34. The molecule has 5 nitrogen and oxygen atoms in total. The summed E-state index contributed by atoms with van der Waals surface area (Å²) in [6.07, 6.45) is 0.941. The molecule has 1 unspecified atom stereocenters. The van der Waals surface area contributed by atoms with Crippen molar-refractivity contribution in [3.8, 4) is 6.07 Å². The van der Waals surface area contributed by atoms with Gasteiger partial charge in [0.25, 0.3) is 5.91 Å². The SMILES string of the molecule is CCNC(=O)c1sc(NC(CC)C(C)C)c(C#N)c1N. The summed E-state index contributed by atoms with van der Waals surface area (Å²) in [5, 5.41) is 16.0. The highest BCUT2D eigenvalue weighted by atomic mass is 32.1. The number of thiophene rings is 1. The summed E-state index contributed by atoms with van der Waals surface area (Å²) < 4.78 is 0. The number of nitrogens with one attached hydrogen (secondary N) is 2. The van der Waals surface area contributed by atoms with Gasteiger partial charge in [-0.2, -0.15) is 5.26 Å². The normalized spacial score (nSPS) is 12.0. The fourth-order valence-corrected chi connectivity index (χ4v) is 3.02. The number of anilines is 2. The second-order valence-corrected chi connectivity index (χ2v) is 5.94. The standard InChI is InChI=1S/C14H22N4OS/c1-5-10(8(3)4)18-14-9(7-15)11(16)12(20-14)13(19)17-6-2/h8,10,18H,5-6,16H2,1-4H3,(H,17,19). The van der Waals surface area contributed by atoms with Gasteiger partial charge in [-0.3, -0.25) is 4.79 Å². The van der Waals surface area contributed by atoms with Crippen molar-refractivity contribution < 1.29 is 4.79 Å². The van der Waals surface area contributed by atoms with E-state index in [1.807, 2.05) is 6.92 Å². The molecular weight excluding hydrogens is 272 g/mol. The maximum absolute atomic E-state index is 11.9. The minimum Gasteiger partial charge on any atom is -0.396 e. The van der Waals surface area contributed by atoms with E-state index < -0.39 is 0 Å². The smallest absolute Gasteiger partial charge is 0.263 e. The maximum Gasteiger partial charge on any atom is 0.263 e. The molecule has 0 aliphatic heterocycles. The Hall–Kier alpha value is -1.74. The van der Waals surface area contributed by atoms with Gasteiger partial charge >= 0.3 is 0 Å². The van der Waals surface area contributed by atoms with Gasteiger partial charge in [-0.05, 0) is 19.3 Å². The molecule has 1 heterocycles. The topological polar surface area (TPSA) is 90.9 Å². The molecule has 20 heavy (non-hydrogen) atoms. The summed E-state index contributed by atoms with van der Waals surface area (Å²) in [5.74, 6) is 0.208. The Morgan fingerprint density at radius 2 is 2.10 bits per heavy atom. The van der Waals surface area contributed by atoms with Gasteiger partial charge < -0.3 is 16.4 Å². The van der Waals surface area contributed by atoms with Crippen LogP contribution >= 0.6 is 11.3 Å². The van der Waals surface area contributed by atoms with E-state index >= 15 is 0 Å². The molecular formula is C14H22N4OS. The summed E-state index contributed by atoms with van der Waals surface area (Å²) in [5.41, 5.74) is 6.57. The second-order valence-electron chi connectivity index (χ2n) is 4.92. The summed E-state index contributed by atoms with van der Waals surface area (Å²) >= 11 is 1.25. The first-order valence-electron chi connectivity index (χ1n) is 6.83. The number of rotatable bonds is 6. The fraction of sp³-hybridized carbons (Fsp3) is 0.571. The summed E-state index contributed by atoms with van der Waals surface area (Å²) in [6.45, 7) is 8.71. The number of carbonyl (C=O) groups excluding carboxylic acids is 1. The van der Waals surface area contributed by atoms with Gasteiger partial charge in [-0.15, -0.1) is 11.3 Å². The van der Waals surface area contributed by atoms with Crippen LogP contribution in [0.1, 0.15) is 49.4 Å². The molecule has 110 valence electrons. The lowest BCUT2D eigenvalue weighted by Gasteiger charge is -2.21. The third-order valence-electron chi connectivity index (χ3n) is 3.16. The highest BCUT2D eigenvalue weighted by Crippen LogP contribution is 2.36. The Kier molecular flexibility index (Phi) is 5.83. The van der Waals surface area contributed by atoms with Crippen LogP contribution in [0, 0.1) is 17.2 Å². The van der Waals surface area contributed by atoms with Crippen molar-refractivity contribution in [2.24, 2.45) is 5.92 Å². The first-order chi connectivity index (χ1) is 9.46. The number of nitrogen functional groups attached to an aromatic ring is 1.